The van der Waals surface area contributed by atoms with Crippen LogP contribution in [0.2, 0.25) is 0 Å². The number of benzene rings is 3. The Hall–Kier alpha value is -6.57. The van der Waals surface area contributed by atoms with Crippen molar-refractivity contribution in [2.45, 2.75) is 76.4 Å². The first-order chi connectivity index (χ1) is 31.7. The van der Waals surface area contributed by atoms with E-state index in [9.17, 15) is 36.3 Å². The van der Waals surface area contributed by atoms with Crippen LogP contribution in [0.5, 0.6) is 0 Å². The van der Waals surface area contributed by atoms with Crippen LogP contribution < -0.4 is 15.5 Å². The molecule has 0 radical (unpaired) electrons. The maximum atomic E-state index is 15.5. The van der Waals surface area contributed by atoms with Gasteiger partial charge in [-0.25, -0.2) is 23.5 Å². The molecule has 2 aliphatic heterocycles. The summed E-state index contributed by atoms with van der Waals surface area (Å²) in [6.07, 6.45) is -5.86. The topological polar surface area (TPSA) is 135 Å². The SMILES string of the molecule is CC(C)(C)OC(=O)N1CCN(c2ccc(-c3nc4nc([C@H](Cc5cc(F)cc(F)c5)NC(=O)Cn5nc(C(F)(F)F)c6c5C(F)(F)[C@@H]5CC65)c(-c5ccc6c(c5)C(=O)NC6)cc4s3)cc2)CC1. The van der Waals surface area contributed by atoms with Gasteiger partial charge >= 0.3 is 12.3 Å². The van der Waals surface area contributed by atoms with Crippen molar-refractivity contribution >= 4 is 45.3 Å². The third kappa shape index (κ3) is 8.44. The number of carbonyl (C=O) groups is 3. The largest absolute Gasteiger partial charge is 0.444 e. The number of ether oxygens (including phenoxy) is 1. The van der Waals surface area contributed by atoms with Crippen LogP contribution in [0.1, 0.15) is 83.3 Å². The number of halogens is 7. The van der Waals surface area contributed by atoms with E-state index >= 15 is 8.78 Å². The summed E-state index contributed by atoms with van der Waals surface area (Å²) in [6, 6.07) is 16.1. The molecule has 3 aromatic heterocycles. The van der Waals surface area contributed by atoms with E-state index in [1.54, 1.807) is 29.2 Å². The van der Waals surface area contributed by atoms with Crippen molar-refractivity contribution in [3.63, 3.8) is 0 Å². The molecule has 67 heavy (non-hydrogen) atoms. The molecule has 3 amide bonds. The van der Waals surface area contributed by atoms with Crippen LogP contribution in [-0.4, -0.2) is 74.3 Å². The van der Waals surface area contributed by atoms with E-state index in [1.165, 1.54) is 11.3 Å². The van der Waals surface area contributed by atoms with Gasteiger partial charge in [0, 0.05) is 72.6 Å². The van der Waals surface area contributed by atoms with E-state index in [0.717, 1.165) is 28.9 Å². The summed E-state index contributed by atoms with van der Waals surface area (Å²) in [6.45, 7) is 6.87. The molecule has 0 spiro atoms. The zero-order valence-electron chi connectivity index (χ0n) is 36.1. The number of hydrogen-bond acceptors (Lipinski definition) is 9. The number of nitrogens with one attached hydrogen (secondary N) is 2. The Morgan fingerprint density at radius 1 is 0.925 bits per heavy atom. The summed E-state index contributed by atoms with van der Waals surface area (Å²) in [4.78, 5) is 53.1. The number of amides is 3. The average molecular weight is 947 g/mol. The molecule has 4 aliphatic rings. The van der Waals surface area contributed by atoms with Gasteiger partial charge in [-0.2, -0.15) is 27.1 Å². The molecule has 1 saturated carbocycles. The van der Waals surface area contributed by atoms with Gasteiger partial charge in [0.2, 0.25) is 5.91 Å². The average Bonchev–Trinajstić information content (AvgIpc) is 3.48. The van der Waals surface area contributed by atoms with E-state index in [1.807, 2.05) is 45.0 Å². The van der Waals surface area contributed by atoms with Crippen LogP contribution in [0.3, 0.4) is 0 Å². The third-order valence-corrected chi connectivity index (χ3v) is 13.5. The summed E-state index contributed by atoms with van der Waals surface area (Å²) in [5, 5.41) is 9.57. The first-order valence-corrected chi connectivity index (χ1v) is 22.4. The standard InChI is InChI=1S/C47H41F7N8O4S/c1-45(2,3)66-44(65)61-12-10-60(11-13-61)29-8-6-24(7-9-29)43-58-41-35(67-43)20-30(25-4-5-26-21-55-42(64)31(26)17-25)38(57-41)34(16-23-14-27(48)18-28(49)15-23)56-36(63)22-62-40-37(39(59-62)47(52,53)54)32-19-33(32)46(40,50)51/h4-9,14-15,17-18,20,32-34H,10-13,16,19,21-22H2,1-3H3,(H,55,64)(H,56,63)/t32?,33-,34+/m1/s1. The lowest BCUT2D eigenvalue weighted by molar-refractivity contribution is -0.142. The van der Waals surface area contributed by atoms with Crippen LogP contribution in [-0.2, 0) is 41.1 Å². The van der Waals surface area contributed by atoms with Gasteiger partial charge in [-0.05, 0) is 105 Å². The smallest absolute Gasteiger partial charge is 0.435 e. The number of pyridine rings is 1. The molecule has 3 atom stereocenters. The molecule has 2 fully saturated rings. The minimum atomic E-state index is -5.06. The van der Waals surface area contributed by atoms with E-state index in [0.29, 0.717) is 69.9 Å². The van der Waals surface area contributed by atoms with Crippen LogP contribution in [0, 0.1) is 17.6 Å². The highest BCUT2D eigenvalue weighted by Gasteiger charge is 2.68. The summed E-state index contributed by atoms with van der Waals surface area (Å²) >= 11 is 1.31. The van der Waals surface area contributed by atoms with Crippen LogP contribution in [0.4, 0.5) is 41.2 Å². The van der Waals surface area contributed by atoms with Crippen molar-refractivity contribution in [3.05, 3.63) is 118 Å². The molecule has 0 bridgehead atoms. The van der Waals surface area contributed by atoms with Crippen molar-refractivity contribution in [1.29, 1.82) is 0 Å². The molecule has 1 unspecified atom stereocenters. The second-order valence-corrected chi connectivity index (χ2v) is 19.3. The molecule has 3 aromatic carbocycles. The Morgan fingerprint density at radius 2 is 1.63 bits per heavy atom. The minimum absolute atomic E-state index is 0.0697. The second kappa shape index (κ2) is 16.1. The Bertz CT molecular complexity index is 2970. The fourth-order valence-corrected chi connectivity index (χ4v) is 10.3. The molecule has 5 heterocycles. The molecule has 1 saturated heterocycles. The number of rotatable bonds is 9. The molecule has 348 valence electrons. The number of thiazole rings is 1. The number of hydrogen-bond donors (Lipinski definition) is 2. The Morgan fingerprint density at radius 3 is 2.31 bits per heavy atom. The lowest BCUT2D eigenvalue weighted by Crippen LogP contribution is -2.50. The van der Waals surface area contributed by atoms with Gasteiger partial charge in [-0.1, -0.05) is 12.1 Å². The zero-order chi connectivity index (χ0) is 47.3. The fraction of sp³-hybridized carbons (Fsp3) is 0.362. The van der Waals surface area contributed by atoms with Gasteiger partial charge in [0.15, 0.2) is 11.3 Å². The molecule has 12 nitrogen and oxygen atoms in total. The normalized spacial score (nSPS) is 18.9. The molecular weight excluding hydrogens is 906 g/mol. The highest BCUT2D eigenvalue weighted by molar-refractivity contribution is 7.21. The summed E-state index contributed by atoms with van der Waals surface area (Å²) in [5.41, 5.74) is 0.449. The predicted molar refractivity (Wildman–Crippen MR) is 232 cm³/mol. The number of nitrogens with zero attached hydrogens (tertiary/aromatic N) is 6. The summed E-state index contributed by atoms with van der Waals surface area (Å²) < 4.78 is 109. The summed E-state index contributed by atoms with van der Waals surface area (Å²) in [7, 11) is 0. The molecular formula is C47H41F7N8O4S. The van der Waals surface area contributed by atoms with Crippen LogP contribution in [0.25, 0.3) is 32.0 Å². The maximum absolute atomic E-state index is 15.5. The van der Waals surface area contributed by atoms with E-state index in [-0.39, 0.29) is 41.7 Å². The maximum Gasteiger partial charge on any atom is 0.435 e. The van der Waals surface area contributed by atoms with Crippen molar-refractivity contribution in [3.8, 4) is 21.7 Å². The number of anilines is 1. The Balaban J connectivity index is 1.00. The van der Waals surface area contributed by atoms with Gasteiger partial charge < -0.3 is 25.2 Å². The number of fused-ring (bicyclic) bond motifs is 5. The van der Waals surface area contributed by atoms with Crippen molar-refractivity contribution in [2.24, 2.45) is 5.92 Å². The van der Waals surface area contributed by atoms with Gasteiger partial charge in [0.05, 0.1) is 16.4 Å². The first kappa shape index (κ1) is 44.3. The third-order valence-electron chi connectivity index (χ3n) is 12.4. The van der Waals surface area contributed by atoms with E-state index < -0.39 is 76.6 Å². The second-order valence-electron chi connectivity index (χ2n) is 18.3. The summed E-state index contributed by atoms with van der Waals surface area (Å²) in [5.74, 6) is -9.19. The zero-order valence-corrected chi connectivity index (χ0v) is 36.9. The van der Waals surface area contributed by atoms with E-state index in [2.05, 4.69) is 20.6 Å². The lowest BCUT2D eigenvalue weighted by atomic mass is 9.93. The van der Waals surface area contributed by atoms with Gasteiger partial charge in [0.25, 0.3) is 11.8 Å². The Labute approximate surface area is 382 Å². The van der Waals surface area contributed by atoms with Gasteiger partial charge in [-0.15, -0.1) is 11.3 Å². The number of alkyl halides is 5. The Kier molecular flexibility index (Phi) is 10.6. The number of piperazine rings is 1. The minimum Gasteiger partial charge on any atom is -0.444 e. The monoisotopic (exact) mass is 946 g/mol. The van der Waals surface area contributed by atoms with Crippen molar-refractivity contribution in [1.82, 2.24) is 35.3 Å². The van der Waals surface area contributed by atoms with Gasteiger partial charge in [0.1, 0.15) is 34.5 Å². The molecule has 6 aromatic rings. The van der Waals surface area contributed by atoms with Crippen molar-refractivity contribution in [2.75, 3.05) is 31.1 Å². The highest BCUT2D eigenvalue weighted by Crippen LogP contribution is 2.68. The molecule has 2 N–H and O–H groups in total. The molecule has 2 aliphatic carbocycles. The number of aromatic nitrogens is 4. The predicted octanol–water partition coefficient (Wildman–Crippen LogP) is 9.13. The van der Waals surface area contributed by atoms with E-state index in [4.69, 9.17) is 14.7 Å². The molecule has 10 rings (SSSR count). The van der Waals surface area contributed by atoms with Crippen molar-refractivity contribution < 1.29 is 49.9 Å². The van der Waals surface area contributed by atoms with Gasteiger partial charge in [-0.3, -0.25) is 14.3 Å². The lowest BCUT2D eigenvalue weighted by Gasteiger charge is -2.36. The number of carbonyl (C=O) groups excluding carboxylic acids is 3. The van der Waals surface area contributed by atoms with Crippen LogP contribution >= 0.6 is 11.3 Å². The fourth-order valence-electron chi connectivity index (χ4n) is 9.32. The highest BCUT2D eigenvalue weighted by atomic mass is 32.1. The first-order valence-electron chi connectivity index (χ1n) is 21.6. The van der Waals surface area contributed by atoms with Crippen LogP contribution in [0.15, 0.2) is 66.7 Å². The molecule has 20 heteroatoms. The quantitative estimate of drug-likeness (QED) is 0.137.